The molecule has 2 rings (SSSR count). The third kappa shape index (κ3) is 4.63. The van der Waals surface area contributed by atoms with Gasteiger partial charge in [0.2, 0.25) is 5.60 Å². The van der Waals surface area contributed by atoms with Crippen molar-refractivity contribution < 1.29 is 27.8 Å². The molecule has 0 unspecified atom stereocenters. The first-order valence-corrected chi connectivity index (χ1v) is 8.46. The maximum absolute atomic E-state index is 12.7. The molecule has 0 aliphatic heterocycles. The van der Waals surface area contributed by atoms with Crippen LogP contribution in [0, 0.1) is 0 Å². The van der Waals surface area contributed by atoms with E-state index in [9.17, 15) is 23.1 Å². The smallest absolute Gasteiger partial charge is 0.426 e. The van der Waals surface area contributed by atoms with Crippen molar-refractivity contribution in [1.29, 1.82) is 0 Å². The summed E-state index contributed by atoms with van der Waals surface area (Å²) >= 11 is 7.41. The average molecular weight is 406 g/mol. The molecular weight excluding hydrogens is 391 g/mol. The van der Waals surface area contributed by atoms with Crippen molar-refractivity contribution >= 4 is 35.0 Å². The second-order valence-corrected chi connectivity index (χ2v) is 7.00. The van der Waals surface area contributed by atoms with Gasteiger partial charge in [0.1, 0.15) is 5.75 Å². The van der Waals surface area contributed by atoms with Crippen molar-refractivity contribution in [1.82, 2.24) is 0 Å². The molecule has 0 saturated heterocycles. The average Bonchev–Trinajstić information content (AvgIpc) is 2.56. The van der Waals surface area contributed by atoms with Crippen LogP contribution in [0.3, 0.4) is 0 Å². The van der Waals surface area contributed by atoms with Gasteiger partial charge in [0.15, 0.2) is 0 Å². The van der Waals surface area contributed by atoms with Crippen LogP contribution in [-0.2, 0) is 4.79 Å². The molecule has 26 heavy (non-hydrogen) atoms. The number of alkyl halides is 3. The molecule has 0 heterocycles. The molecular formula is C17H15ClF3NO3S. The van der Waals surface area contributed by atoms with Gasteiger partial charge in [0.05, 0.1) is 17.8 Å². The molecule has 0 aromatic heterocycles. The summed E-state index contributed by atoms with van der Waals surface area (Å²) in [7, 11) is 1.55. The molecule has 0 aliphatic carbocycles. The molecule has 1 amide bonds. The van der Waals surface area contributed by atoms with Crippen LogP contribution in [-0.4, -0.2) is 29.9 Å². The number of aliphatic hydroxyl groups is 1. The first kappa shape index (κ1) is 20.4. The molecule has 4 nitrogen and oxygen atoms in total. The number of benzene rings is 2. The molecule has 0 saturated carbocycles. The highest BCUT2D eigenvalue weighted by atomic mass is 35.5. The lowest BCUT2D eigenvalue weighted by Gasteiger charge is -2.25. The van der Waals surface area contributed by atoms with Crippen molar-refractivity contribution in [3.63, 3.8) is 0 Å². The van der Waals surface area contributed by atoms with Gasteiger partial charge in [-0.2, -0.15) is 13.2 Å². The summed E-state index contributed by atoms with van der Waals surface area (Å²) in [6, 6.07) is 11.7. The van der Waals surface area contributed by atoms with Crippen molar-refractivity contribution in [3.8, 4) is 5.75 Å². The van der Waals surface area contributed by atoms with E-state index in [4.69, 9.17) is 16.3 Å². The monoisotopic (exact) mass is 405 g/mol. The highest BCUT2D eigenvalue weighted by Gasteiger charge is 2.55. The number of carbonyl (C=O) groups is 1. The largest absolute Gasteiger partial charge is 0.497 e. The van der Waals surface area contributed by atoms with Crippen LogP contribution in [0.4, 0.5) is 18.9 Å². The van der Waals surface area contributed by atoms with Gasteiger partial charge >= 0.3 is 6.18 Å². The third-order valence-corrected chi connectivity index (χ3v) is 4.75. The zero-order chi connectivity index (χ0) is 19.5. The van der Waals surface area contributed by atoms with Crippen LogP contribution in [0.5, 0.6) is 5.75 Å². The highest BCUT2D eigenvalue weighted by Crippen LogP contribution is 2.35. The van der Waals surface area contributed by atoms with E-state index in [-0.39, 0.29) is 10.7 Å². The highest BCUT2D eigenvalue weighted by molar-refractivity contribution is 7.99. The zero-order valence-electron chi connectivity index (χ0n) is 13.7. The van der Waals surface area contributed by atoms with Crippen LogP contribution >= 0.6 is 23.4 Å². The van der Waals surface area contributed by atoms with E-state index in [1.807, 2.05) is 23.5 Å². The van der Waals surface area contributed by atoms with Gasteiger partial charge in [-0.05, 0) is 43.3 Å². The zero-order valence-corrected chi connectivity index (χ0v) is 15.3. The number of halogens is 4. The van der Waals surface area contributed by atoms with Gasteiger partial charge in [0, 0.05) is 9.79 Å². The fraction of sp³-hybridized carbons (Fsp3) is 0.235. The van der Waals surface area contributed by atoms with Gasteiger partial charge in [0.25, 0.3) is 5.91 Å². The maximum atomic E-state index is 12.7. The van der Waals surface area contributed by atoms with Crippen LogP contribution in [0.15, 0.2) is 52.3 Å². The van der Waals surface area contributed by atoms with Gasteiger partial charge in [-0.3, -0.25) is 4.79 Å². The lowest BCUT2D eigenvalue weighted by molar-refractivity contribution is -0.242. The summed E-state index contributed by atoms with van der Waals surface area (Å²) in [6.07, 6.45) is -5.11. The number of rotatable bonds is 5. The predicted molar refractivity (Wildman–Crippen MR) is 93.9 cm³/mol. The maximum Gasteiger partial charge on any atom is 0.426 e. The minimum absolute atomic E-state index is 0.0313. The summed E-state index contributed by atoms with van der Waals surface area (Å²) in [5.41, 5.74) is -3.55. The second-order valence-electron chi connectivity index (χ2n) is 5.45. The lowest BCUT2D eigenvalue weighted by Crippen LogP contribution is -2.52. The first-order valence-electron chi connectivity index (χ1n) is 7.26. The Balaban J connectivity index is 2.15. The minimum atomic E-state index is -5.11. The summed E-state index contributed by atoms with van der Waals surface area (Å²) in [6.45, 7) is 0.378. The standard InChI is InChI=1S/C17H15ClF3NO3S/c1-16(24,17(19,20)21)15(23)22-14-7-6-12(9-13(14)18)26-11-5-3-4-10(8-11)25-2/h3-9,24H,1-2H3,(H,22,23)/t16-/m1/s1. The normalized spacial score (nSPS) is 13.8. The minimum Gasteiger partial charge on any atom is -0.497 e. The molecule has 2 aromatic rings. The van der Waals surface area contributed by atoms with Crippen LogP contribution in [0.2, 0.25) is 5.02 Å². The molecule has 2 N–H and O–H groups in total. The quantitative estimate of drug-likeness (QED) is 0.753. The van der Waals surface area contributed by atoms with Crippen molar-refractivity contribution in [2.45, 2.75) is 28.5 Å². The SMILES string of the molecule is COc1cccc(Sc2ccc(NC(=O)[C@@](C)(O)C(F)(F)F)c(Cl)c2)c1. The Kier molecular flexibility index (Phi) is 6.10. The summed E-state index contributed by atoms with van der Waals surface area (Å²) in [5.74, 6) is -0.931. The second kappa shape index (κ2) is 7.77. The fourth-order valence-electron chi connectivity index (χ4n) is 1.83. The number of carbonyl (C=O) groups excluding carboxylic acids is 1. The molecule has 0 aliphatic rings. The van der Waals surface area contributed by atoms with Gasteiger partial charge in [-0.15, -0.1) is 0 Å². The van der Waals surface area contributed by atoms with Gasteiger partial charge in [-0.25, -0.2) is 0 Å². The van der Waals surface area contributed by atoms with Crippen LogP contribution in [0.25, 0.3) is 0 Å². The Morgan fingerprint density at radius 2 is 1.85 bits per heavy atom. The molecule has 0 bridgehead atoms. The molecule has 140 valence electrons. The molecule has 1 atom stereocenters. The summed E-state index contributed by atoms with van der Waals surface area (Å²) in [5, 5.41) is 11.4. The van der Waals surface area contributed by atoms with E-state index >= 15 is 0 Å². The predicted octanol–water partition coefficient (Wildman–Crippen LogP) is 4.75. The Bertz CT molecular complexity index is 812. The van der Waals surface area contributed by atoms with E-state index in [0.29, 0.717) is 17.6 Å². The Morgan fingerprint density at radius 1 is 1.19 bits per heavy atom. The molecule has 9 heteroatoms. The van der Waals surface area contributed by atoms with E-state index in [2.05, 4.69) is 0 Å². The number of ether oxygens (including phenoxy) is 1. The number of nitrogens with one attached hydrogen (secondary N) is 1. The van der Waals surface area contributed by atoms with E-state index in [1.165, 1.54) is 23.9 Å². The van der Waals surface area contributed by atoms with Crippen molar-refractivity contribution in [3.05, 3.63) is 47.5 Å². The number of anilines is 1. The van der Waals surface area contributed by atoms with Gasteiger partial charge in [-0.1, -0.05) is 29.4 Å². The topological polar surface area (TPSA) is 58.6 Å². The van der Waals surface area contributed by atoms with Crippen LogP contribution < -0.4 is 10.1 Å². The number of methoxy groups -OCH3 is 1. The Morgan fingerprint density at radius 3 is 2.42 bits per heavy atom. The summed E-state index contributed by atoms with van der Waals surface area (Å²) in [4.78, 5) is 13.3. The van der Waals surface area contributed by atoms with Crippen molar-refractivity contribution in [2.75, 3.05) is 12.4 Å². The number of hydrogen-bond acceptors (Lipinski definition) is 4. The number of hydrogen-bond donors (Lipinski definition) is 2. The molecule has 0 radical (unpaired) electrons. The lowest BCUT2D eigenvalue weighted by atomic mass is 10.1. The van der Waals surface area contributed by atoms with Crippen molar-refractivity contribution in [2.24, 2.45) is 0 Å². The third-order valence-electron chi connectivity index (χ3n) is 3.46. The molecule has 0 fully saturated rings. The van der Waals surface area contributed by atoms with E-state index in [1.54, 1.807) is 19.2 Å². The first-order chi connectivity index (χ1) is 12.0. The summed E-state index contributed by atoms with van der Waals surface area (Å²) < 4.78 is 43.2. The molecule has 2 aromatic carbocycles. The van der Waals surface area contributed by atoms with E-state index < -0.39 is 17.7 Å². The number of amides is 1. The molecule has 0 spiro atoms. The van der Waals surface area contributed by atoms with E-state index in [0.717, 1.165) is 4.90 Å². The fourth-order valence-corrected chi connectivity index (χ4v) is 3.03. The van der Waals surface area contributed by atoms with Crippen LogP contribution in [0.1, 0.15) is 6.92 Å². The Hall–Kier alpha value is -1.90. The van der Waals surface area contributed by atoms with Gasteiger partial charge < -0.3 is 15.2 Å². The Labute approximate surface area is 157 Å².